The highest BCUT2D eigenvalue weighted by atomic mass is 32.1. The monoisotopic (exact) mass is 192 g/mol. The first-order chi connectivity index (χ1) is 6.25. The van der Waals surface area contributed by atoms with Gasteiger partial charge in [0.15, 0.2) is 11.0 Å². The average Bonchev–Trinajstić information content (AvgIpc) is 2.52. The Morgan fingerprint density at radius 3 is 2.85 bits per heavy atom. The molecule has 0 bridgehead atoms. The van der Waals surface area contributed by atoms with Crippen LogP contribution in [0.4, 0.5) is 5.13 Å². The predicted molar refractivity (Wildman–Crippen MR) is 52.3 cm³/mol. The molecule has 0 saturated carbocycles. The van der Waals surface area contributed by atoms with Crippen molar-refractivity contribution in [3.8, 4) is 11.4 Å². The molecule has 0 aliphatic carbocycles. The molecule has 13 heavy (non-hydrogen) atoms. The van der Waals surface area contributed by atoms with Crippen LogP contribution in [0.5, 0.6) is 0 Å². The Labute approximate surface area is 79.6 Å². The number of nitrogens with two attached hydrogens (primary N) is 1. The molecule has 0 saturated heterocycles. The molecular weight excluding hydrogens is 184 g/mol. The maximum Gasteiger partial charge on any atom is 0.200 e. The molecule has 4 nitrogen and oxygen atoms in total. The van der Waals surface area contributed by atoms with Crippen LogP contribution in [-0.4, -0.2) is 14.3 Å². The Bertz CT molecular complexity index is 424. The van der Waals surface area contributed by atoms with Crippen LogP contribution < -0.4 is 5.73 Å². The van der Waals surface area contributed by atoms with Crippen molar-refractivity contribution in [1.29, 1.82) is 0 Å². The van der Waals surface area contributed by atoms with Crippen LogP contribution in [0.1, 0.15) is 5.56 Å². The third-order valence-electron chi connectivity index (χ3n) is 1.57. The second-order valence-corrected chi connectivity index (χ2v) is 3.49. The first kappa shape index (κ1) is 8.12. The summed E-state index contributed by atoms with van der Waals surface area (Å²) in [5, 5.41) is 0.483. The molecule has 2 N–H and O–H groups in total. The topological polar surface area (TPSA) is 64.7 Å². The second-order valence-electron chi connectivity index (χ2n) is 2.71. The number of nitrogens with zero attached hydrogens (tertiary/aromatic N) is 3. The molecule has 0 radical (unpaired) electrons. The minimum Gasteiger partial charge on any atom is -0.374 e. The average molecular weight is 192 g/mol. The number of hydrogen-bond acceptors (Lipinski definition) is 5. The van der Waals surface area contributed by atoms with Crippen molar-refractivity contribution < 1.29 is 0 Å². The van der Waals surface area contributed by atoms with Gasteiger partial charge < -0.3 is 5.73 Å². The van der Waals surface area contributed by atoms with Crippen molar-refractivity contribution >= 4 is 16.7 Å². The van der Waals surface area contributed by atoms with Gasteiger partial charge in [0.2, 0.25) is 0 Å². The van der Waals surface area contributed by atoms with Crippen molar-refractivity contribution in [3.63, 3.8) is 0 Å². The van der Waals surface area contributed by atoms with E-state index in [2.05, 4.69) is 14.3 Å². The highest BCUT2D eigenvalue weighted by Crippen LogP contribution is 2.18. The Kier molecular flexibility index (Phi) is 1.94. The molecule has 0 fully saturated rings. The van der Waals surface area contributed by atoms with Gasteiger partial charge in [0.05, 0.1) is 0 Å². The maximum atomic E-state index is 5.48. The van der Waals surface area contributed by atoms with Crippen molar-refractivity contribution in [2.75, 3.05) is 5.73 Å². The summed E-state index contributed by atoms with van der Waals surface area (Å²) >= 11 is 1.19. The van der Waals surface area contributed by atoms with E-state index in [1.165, 1.54) is 11.5 Å². The first-order valence-electron chi connectivity index (χ1n) is 3.77. The molecule has 0 unspecified atom stereocenters. The Morgan fingerprint density at radius 2 is 2.23 bits per heavy atom. The van der Waals surface area contributed by atoms with Gasteiger partial charge in [-0.1, -0.05) is 0 Å². The van der Waals surface area contributed by atoms with Gasteiger partial charge in [-0.2, -0.15) is 9.36 Å². The van der Waals surface area contributed by atoms with E-state index in [0.717, 1.165) is 11.1 Å². The van der Waals surface area contributed by atoms with Crippen molar-refractivity contribution in [2.24, 2.45) is 0 Å². The van der Waals surface area contributed by atoms with Crippen LogP contribution in [0, 0.1) is 6.92 Å². The van der Waals surface area contributed by atoms with E-state index in [1.807, 2.05) is 13.0 Å². The van der Waals surface area contributed by atoms with E-state index >= 15 is 0 Å². The van der Waals surface area contributed by atoms with Gasteiger partial charge >= 0.3 is 0 Å². The van der Waals surface area contributed by atoms with Crippen LogP contribution in [0.3, 0.4) is 0 Å². The van der Waals surface area contributed by atoms with E-state index in [-0.39, 0.29) is 0 Å². The lowest BCUT2D eigenvalue weighted by Crippen LogP contribution is -1.85. The third-order valence-corrected chi connectivity index (χ3v) is 2.12. The Balaban J connectivity index is 2.46. The number of hydrogen-bond donors (Lipinski definition) is 1. The summed E-state index contributed by atoms with van der Waals surface area (Å²) in [6.45, 7) is 1.98. The molecule has 2 aromatic rings. The lowest BCUT2D eigenvalue weighted by molar-refractivity contribution is 1.24. The summed E-state index contributed by atoms with van der Waals surface area (Å²) in [6, 6.07) is 1.98. The zero-order chi connectivity index (χ0) is 9.26. The van der Waals surface area contributed by atoms with Crippen molar-refractivity contribution in [3.05, 3.63) is 24.0 Å². The molecule has 66 valence electrons. The molecular formula is C8H8N4S. The summed E-state index contributed by atoms with van der Waals surface area (Å²) in [5.74, 6) is 0.652. The Morgan fingerprint density at radius 1 is 1.38 bits per heavy atom. The highest BCUT2D eigenvalue weighted by molar-refractivity contribution is 7.09. The maximum absolute atomic E-state index is 5.48. The lowest BCUT2D eigenvalue weighted by Gasteiger charge is -1.94. The molecule has 2 aromatic heterocycles. The quantitative estimate of drug-likeness (QED) is 0.743. The van der Waals surface area contributed by atoms with Crippen LogP contribution in [0.15, 0.2) is 18.5 Å². The lowest BCUT2D eigenvalue weighted by atomic mass is 10.2. The number of aromatic nitrogens is 3. The van der Waals surface area contributed by atoms with Gasteiger partial charge in [-0.3, -0.25) is 4.98 Å². The fraction of sp³-hybridized carbons (Fsp3) is 0.125. The van der Waals surface area contributed by atoms with Crippen molar-refractivity contribution in [1.82, 2.24) is 14.3 Å². The minimum absolute atomic E-state index is 0.483. The molecule has 2 rings (SSSR count). The van der Waals surface area contributed by atoms with Crippen molar-refractivity contribution in [2.45, 2.75) is 6.92 Å². The predicted octanol–water partition coefficient (Wildman–Crippen LogP) is 1.49. The van der Waals surface area contributed by atoms with E-state index in [4.69, 9.17) is 5.73 Å². The van der Waals surface area contributed by atoms with Crippen LogP contribution in [0.2, 0.25) is 0 Å². The molecule has 0 atom stereocenters. The molecule has 0 aliphatic rings. The summed E-state index contributed by atoms with van der Waals surface area (Å²) in [4.78, 5) is 8.12. The van der Waals surface area contributed by atoms with Crippen LogP contribution >= 0.6 is 11.5 Å². The van der Waals surface area contributed by atoms with Gasteiger partial charge in [0, 0.05) is 29.5 Å². The van der Waals surface area contributed by atoms with Crippen LogP contribution in [-0.2, 0) is 0 Å². The number of aryl methyl sites for hydroxylation is 1. The fourth-order valence-electron chi connectivity index (χ4n) is 1.03. The van der Waals surface area contributed by atoms with E-state index in [9.17, 15) is 0 Å². The zero-order valence-corrected chi connectivity index (χ0v) is 7.88. The molecule has 0 aromatic carbocycles. The van der Waals surface area contributed by atoms with E-state index < -0.39 is 0 Å². The number of nitrogen functional groups attached to an aromatic ring is 1. The Hall–Kier alpha value is -1.49. The van der Waals surface area contributed by atoms with Gasteiger partial charge in [0.1, 0.15) is 0 Å². The zero-order valence-electron chi connectivity index (χ0n) is 7.06. The number of anilines is 1. The SMILES string of the molecule is Cc1cncc(-c2nsc(N)n2)c1. The molecule has 2 heterocycles. The van der Waals surface area contributed by atoms with Gasteiger partial charge in [0.25, 0.3) is 0 Å². The molecule has 0 aliphatic heterocycles. The number of pyridine rings is 1. The summed E-state index contributed by atoms with van der Waals surface area (Å²) in [6.07, 6.45) is 3.52. The molecule has 0 amide bonds. The van der Waals surface area contributed by atoms with Gasteiger partial charge in [-0.05, 0) is 18.6 Å². The third kappa shape index (κ3) is 1.65. The summed E-state index contributed by atoms with van der Waals surface area (Å²) in [7, 11) is 0. The normalized spacial score (nSPS) is 10.2. The minimum atomic E-state index is 0.483. The van der Waals surface area contributed by atoms with Gasteiger partial charge in [-0.25, -0.2) is 0 Å². The van der Waals surface area contributed by atoms with Gasteiger partial charge in [-0.15, -0.1) is 0 Å². The molecule has 5 heteroatoms. The smallest absolute Gasteiger partial charge is 0.200 e. The van der Waals surface area contributed by atoms with E-state index in [0.29, 0.717) is 11.0 Å². The largest absolute Gasteiger partial charge is 0.374 e. The fourth-order valence-corrected chi connectivity index (χ4v) is 1.48. The number of rotatable bonds is 1. The summed E-state index contributed by atoms with van der Waals surface area (Å²) in [5.41, 5.74) is 7.48. The highest BCUT2D eigenvalue weighted by Gasteiger charge is 2.03. The standard InChI is InChI=1S/C8H8N4S/c1-5-2-6(4-10-3-5)7-11-8(9)13-12-7/h2-4H,1H3,(H2,9,11,12). The molecule has 0 spiro atoms. The van der Waals surface area contributed by atoms with Crippen LogP contribution in [0.25, 0.3) is 11.4 Å². The summed E-state index contributed by atoms with van der Waals surface area (Å²) < 4.78 is 4.09. The first-order valence-corrected chi connectivity index (χ1v) is 4.54. The second kappa shape index (κ2) is 3.10. The van der Waals surface area contributed by atoms with E-state index in [1.54, 1.807) is 12.4 Å².